The van der Waals surface area contributed by atoms with Crippen molar-refractivity contribution in [2.45, 2.75) is 45.2 Å². The first-order valence-electron chi connectivity index (χ1n) is 6.82. The molecule has 0 saturated carbocycles. The van der Waals surface area contributed by atoms with Crippen molar-refractivity contribution < 1.29 is 19.5 Å². The van der Waals surface area contributed by atoms with Crippen LogP contribution in [0.1, 0.15) is 33.1 Å². The minimum Gasteiger partial charge on any atom is -0.481 e. The maximum Gasteiger partial charge on any atom is 0.309 e. The molecule has 1 atom stereocenters. The maximum absolute atomic E-state index is 12.3. The molecule has 0 aromatic carbocycles. The van der Waals surface area contributed by atoms with Crippen LogP contribution in [0.4, 0.5) is 0 Å². The molecule has 2 fully saturated rings. The first-order chi connectivity index (χ1) is 8.99. The van der Waals surface area contributed by atoms with E-state index in [0.717, 1.165) is 12.8 Å². The highest BCUT2D eigenvalue weighted by molar-refractivity contribution is 6.06. The smallest absolute Gasteiger partial charge is 0.309 e. The molecule has 1 unspecified atom stereocenters. The Hall–Kier alpha value is -1.43. The number of carbonyl (C=O) groups excluding carboxylic acids is 2. The normalized spacial score (nSPS) is 25.2. The second-order valence-corrected chi connectivity index (χ2v) is 5.28. The van der Waals surface area contributed by atoms with Crippen molar-refractivity contribution in [1.29, 1.82) is 0 Å². The molecule has 0 aliphatic carbocycles. The molecule has 6 heteroatoms. The fourth-order valence-electron chi connectivity index (χ4n) is 2.88. The zero-order valence-corrected chi connectivity index (χ0v) is 11.3. The van der Waals surface area contributed by atoms with Crippen LogP contribution >= 0.6 is 0 Å². The fourth-order valence-corrected chi connectivity index (χ4v) is 2.88. The van der Waals surface area contributed by atoms with Crippen LogP contribution in [-0.4, -0.2) is 57.9 Å². The summed E-state index contributed by atoms with van der Waals surface area (Å²) in [5.74, 6) is -1.50. The van der Waals surface area contributed by atoms with E-state index in [-0.39, 0.29) is 24.3 Å². The SMILES string of the molecule is CCC(CC)N1C(=O)CC(N2CC(C(=O)O)C2)C1=O. The van der Waals surface area contributed by atoms with Crippen LogP contribution < -0.4 is 0 Å². The Kier molecular flexibility index (Phi) is 3.89. The lowest BCUT2D eigenvalue weighted by atomic mass is 9.97. The molecule has 0 aromatic rings. The van der Waals surface area contributed by atoms with E-state index in [1.165, 1.54) is 4.90 Å². The number of hydrogen-bond acceptors (Lipinski definition) is 4. The van der Waals surface area contributed by atoms with Crippen LogP contribution in [0.15, 0.2) is 0 Å². The lowest BCUT2D eigenvalue weighted by Gasteiger charge is -2.39. The Morgan fingerprint density at radius 2 is 1.89 bits per heavy atom. The molecule has 1 N–H and O–H groups in total. The lowest BCUT2D eigenvalue weighted by Crippen LogP contribution is -2.57. The summed E-state index contributed by atoms with van der Waals surface area (Å²) in [5, 5.41) is 8.84. The molecular formula is C13H20N2O4. The third-order valence-electron chi connectivity index (χ3n) is 4.17. The van der Waals surface area contributed by atoms with Gasteiger partial charge in [-0.2, -0.15) is 0 Å². The predicted octanol–water partition coefficient (Wildman–Crippen LogP) is 0.319. The van der Waals surface area contributed by atoms with Gasteiger partial charge in [0, 0.05) is 19.1 Å². The number of carboxylic acid groups (broad SMARTS) is 1. The van der Waals surface area contributed by atoms with E-state index in [1.807, 2.05) is 13.8 Å². The topological polar surface area (TPSA) is 77.9 Å². The van der Waals surface area contributed by atoms with Gasteiger partial charge in [-0.05, 0) is 12.8 Å². The molecule has 106 valence electrons. The molecule has 0 aromatic heterocycles. The first-order valence-corrected chi connectivity index (χ1v) is 6.82. The number of nitrogens with zero attached hydrogens (tertiary/aromatic N) is 2. The van der Waals surface area contributed by atoms with Crippen molar-refractivity contribution in [3.05, 3.63) is 0 Å². The minimum absolute atomic E-state index is 0.0263. The van der Waals surface area contributed by atoms with Gasteiger partial charge >= 0.3 is 5.97 Å². The van der Waals surface area contributed by atoms with Crippen LogP contribution in [-0.2, 0) is 14.4 Å². The number of imide groups is 1. The van der Waals surface area contributed by atoms with Crippen molar-refractivity contribution >= 4 is 17.8 Å². The molecule has 2 amide bonds. The van der Waals surface area contributed by atoms with E-state index in [4.69, 9.17) is 5.11 Å². The summed E-state index contributed by atoms with van der Waals surface area (Å²) < 4.78 is 0. The number of likely N-dealkylation sites (tertiary alicyclic amines) is 2. The zero-order chi connectivity index (χ0) is 14.2. The number of aliphatic carboxylic acids is 1. The van der Waals surface area contributed by atoms with Gasteiger partial charge in [-0.1, -0.05) is 13.8 Å². The molecule has 2 saturated heterocycles. The summed E-state index contributed by atoms with van der Waals surface area (Å²) in [5.41, 5.74) is 0. The monoisotopic (exact) mass is 268 g/mol. The van der Waals surface area contributed by atoms with Crippen LogP contribution in [0.25, 0.3) is 0 Å². The first kappa shape index (κ1) is 14.0. The number of hydrogen-bond donors (Lipinski definition) is 1. The molecule has 19 heavy (non-hydrogen) atoms. The number of carboxylic acids is 1. The summed E-state index contributed by atoms with van der Waals surface area (Å²) in [6, 6.07) is -0.467. The van der Waals surface area contributed by atoms with Gasteiger partial charge < -0.3 is 5.11 Å². The van der Waals surface area contributed by atoms with Gasteiger partial charge in [0.05, 0.1) is 18.4 Å². The average Bonchev–Trinajstić information content (AvgIpc) is 2.56. The molecule has 0 radical (unpaired) electrons. The Morgan fingerprint density at radius 3 is 2.37 bits per heavy atom. The summed E-state index contributed by atoms with van der Waals surface area (Å²) in [4.78, 5) is 38.2. The number of rotatable bonds is 5. The Morgan fingerprint density at radius 1 is 1.32 bits per heavy atom. The molecule has 2 rings (SSSR count). The van der Waals surface area contributed by atoms with Crippen molar-refractivity contribution in [2.75, 3.05) is 13.1 Å². The number of amides is 2. The Balaban J connectivity index is 2.01. The average molecular weight is 268 g/mol. The Labute approximate surface area is 112 Å². The van der Waals surface area contributed by atoms with Gasteiger partial charge in [0.25, 0.3) is 0 Å². The van der Waals surface area contributed by atoms with Gasteiger partial charge in [0.2, 0.25) is 11.8 Å². The summed E-state index contributed by atoms with van der Waals surface area (Å²) in [6.07, 6.45) is 1.72. The highest BCUT2D eigenvalue weighted by Gasteiger charge is 2.48. The highest BCUT2D eigenvalue weighted by atomic mass is 16.4. The molecule has 0 bridgehead atoms. The fraction of sp³-hybridized carbons (Fsp3) is 0.769. The summed E-state index contributed by atoms with van der Waals surface area (Å²) >= 11 is 0. The zero-order valence-electron chi connectivity index (χ0n) is 11.3. The third-order valence-corrected chi connectivity index (χ3v) is 4.17. The van der Waals surface area contributed by atoms with Crippen LogP contribution in [0.2, 0.25) is 0 Å². The van der Waals surface area contributed by atoms with E-state index in [9.17, 15) is 14.4 Å². The van der Waals surface area contributed by atoms with Crippen LogP contribution in [0, 0.1) is 5.92 Å². The van der Waals surface area contributed by atoms with E-state index in [2.05, 4.69) is 0 Å². The summed E-state index contributed by atoms with van der Waals surface area (Å²) in [7, 11) is 0. The molecule has 0 spiro atoms. The van der Waals surface area contributed by atoms with Crippen LogP contribution in [0.5, 0.6) is 0 Å². The quantitative estimate of drug-likeness (QED) is 0.726. The lowest BCUT2D eigenvalue weighted by molar-refractivity contribution is -0.152. The molecule has 2 aliphatic rings. The van der Waals surface area contributed by atoms with Gasteiger partial charge in [0.15, 0.2) is 0 Å². The van der Waals surface area contributed by atoms with Gasteiger partial charge in [0.1, 0.15) is 0 Å². The molecule has 6 nitrogen and oxygen atoms in total. The standard InChI is InChI=1S/C13H20N2O4/c1-3-9(4-2)15-11(16)5-10(12(15)17)14-6-8(7-14)13(18)19/h8-10H,3-7H2,1-2H3,(H,18,19). The molecular weight excluding hydrogens is 248 g/mol. The van der Waals surface area contributed by atoms with Gasteiger partial charge in [-0.15, -0.1) is 0 Å². The maximum atomic E-state index is 12.3. The van der Waals surface area contributed by atoms with Gasteiger partial charge in [-0.25, -0.2) is 0 Å². The minimum atomic E-state index is -0.829. The van der Waals surface area contributed by atoms with Gasteiger partial charge in [-0.3, -0.25) is 24.2 Å². The third kappa shape index (κ3) is 2.36. The second kappa shape index (κ2) is 5.28. The molecule has 2 aliphatic heterocycles. The predicted molar refractivity (Wildman–Crippen MR) is 67.3 cm³/mol. The van der Waals surface area contributed by atoms with Crippen molar-refractivity contribution in [1.82, 2.24) is 9.80 Å². The molecule has 2 heterocycles. The van der Waals surface area contributed by atoms with Crippen molar-refractivity contribution in [3.8, 4) is 0 Å². The van der Waals surface area contributed by atoms with E-state index in [1.54, 1.807) is 4.90 Å². The van der Waals surface area contributed by atoms with E-state index >= 15 is 0 Å². The summed E-state index contributed by atoms with van der Waals surface area (Å²) in [6.45, 7) is 4.67. The Bertz CT molecular complexity index is 399. The second-order valence-electron chi connectivity index (χ2n) is 5.28. The number of carbonyl (C=O) groups is 3. The largest absolute Gasteiger partial charge is 0.481 e. The van der Waals surface area contributed by atoms with Crippen LogP contribution in [0.3, 0.4) is 0 Å². The van der Waals surface area contributed by atoms with Crippen molar-refractivity contribution in [3.63, 3.8) is 0 Å². The van der Waals surface area contributed by atoms with E-state index in [0.29, 0.717) is 13.1 Å². The van der Waals surface area contributed by atoms with Crippen molar-refractivity contribution in [2.24, 2.45) is 5.92 Å². The highest BCUT2D eigenvalue weighted by Crippen LogP contribution is 2.28. The van der Waals surface area contributed by atoms with E-state index < -0.39 is 17.9 Å².